The van der Waals surface area contributed by atoms with Crippen LogP contribution in [0.1, 0.15) is 11.4 Å². The summed E-state index contributed by atoms with van der Waals surface area (Å²) < 4.78 is 2.16. The topological polar surface area (TPSA) is 30.2 Å². The second kappa shape index (κ2) is 8.85. The number of rotatable bonds is 4. The van der Waals surface area contributed by atoms with Gasteiger partial charge in [-0.2, -0.15) is 0 Å². The first kappa shape index (κ1) is 23.9. The molecule has 0 spiro atoms. The molecule has 0 amide bonds. The molecule has 0 atom stereocenters. The van der Waals surface area contributed by atoms with Gasteiger partial charge in [-0.25, -0.2) is 4.98 Å². The summed E-state index contributed by atoms with van der Waals surface area (Å²) in [6.07, 6.45) is 7.41. The van der Waals surface area contributed by atoms with Crippen molar-refractivity contribution in [1.82, 2.24) is 14.4 Å². The molecule has 3 aromatic heterocycles. The predicted molar refractivity (Wildman–Crippen MR) is 183 cm³/mol. The summed E-state index contributed by atoms with van der Waals surface area (Å²) in [4.78, 5) is 9.41. The van der Waals surface area contributed by atoms with Crippen LogP contribution in [0.2, 0.25) is 0 Å². The Morgan fingerprint density at radius 2 is 1.28 bits per heavy atom. The third-order valence-corrected chi connectivity index (χ3v) is 8.98. The largest absolute Gasteiger partial charge is 0.292 e. The standard InChI is InChI=1S/C40H25N3/c1-3-35-36(4-2)43-37-20-21-41-23-34(37)33-22-29(16-19-32(33)40(43)42-35)24-8-10-25(11-9-24)30-17-14-28-13-12-26-6-5-7-27-15-18-31(30)39(28)38(26)27/h3-23H,1-2H2. The zero-order valence-corrected chi connectivity index (χ0v) is 23.4. The van der Waals surface area contributed by atoms with Crippen molar-refractivity contribution in [2.75, 3.05) is 0 Å². The fourth-order valence-electron chi connectivity index (χ4n) is 6.98. The van der Waals surface area contributed by atoms with E-state index in [0.29, 0.717) is 0 Å². The van der Waals surface area contributed by atoms with Crippen LogP contribution in [0.3, 0.4) is 0 Å². The Kier molecular flexibility index (Phi) is 4.91. The maximum Gasteiger partial charge on any atom is 0.146 e. The van der Waals surface area contributed by atoms with E-state index in [1.807, 2.05) is 24.5 Å². The molecule has 0 aliphatic heterocycles. The van der Waals surface area contributed by atoms with E-state index in [0.717, 1.165) is 44.3 Å². The molecule has 3 heteroatoms. The zero-order valence-electron chi connectivity index (χ0n) is 23.4. The Hall–Kier alpha value is -5.80. The first-order chi connectivity index (χ1) is 21.2. The molecule has 3 heterocycles. The quantitative estimate of drug-likeness (QED) is 0.205. The molecular weight excluding hydrogens is 522 g/mol. The number of fused-ring (bicyclic) bond motifs is 6. The molecule has 0 unspecified atom stereocenters. The Bertz CT molecular complexity index is 2570. The van der Waals surface area contributed by atoms with Crippen LogP contribution in [0.25, 0.3) is 94.0 Å². The number of aromatic nitrogens is 3. The van der Waals surface area contributed by atoms with Crippen molar-refractivity contribution in [3.05, 3.63) is 140 Å². The molecule has 0 aliphatic rings. The van der Waals surface area contributed by atoms with E-state index in [4.69, 9.17) is 4.98 Å². The molecular formula is C40H25N3. The molecule has 3 nitrogen and oxygen atoms in total. The Morgan fingerprint density at radius 3 is 2.07 bits per heavy atom. The predicted octanol–water partition coefficient (Wildman–Crippen LogP) is 10.6. The molecule has 6 aromatic carbocycles. The van der Waals surface area contributed by atoms with Gasteiger partial charge in [-0.1, -0.05) is 98.1 Å². The van der Waals surface area contributed by atoms with Crippen molar-refractivity contribution in [1.29, 1.82) is 0 Å². The van der Waals surface area contributed by atoms with Crippen LogP contribution in [0.4, 0.5) is 0 Å². The fraction of sp³-hybridized carbons (Fsp3) is 0. The van der Waals surface area contributed by atoms with Crippen LogP contribution in [-0.2, 0) is 0 Å². The lowest BCUT2D eigenvalue weighted by Crippen LogP contribution is -1.94. The summed E-state index contributed by atoms with van der Waals surface area (Å²) in [6, 6.07) is 37.7. The van der Waals surface area contributed by atoms with Crippen molar-refractivity contribution in [3.63, 3.8) is 0 Å². The minimum absolute atomic E-state index is 0.826. The van der Waals surface area contributed by atoms with Crippen LogP contribution in [-0.4, -0.2) is 14.4 Å². The third-order valence-electron chi connectivity index (χ3n) is 8.98. The van der Waals surface area contributed by atoms with Crippen LogP contribution < -0.4 is 0 Å². The number of benzene rings is 6. The molecule has 0 fully saturated rings. The molecule has 9 rings (SSSR count). The highest BCUT2D eigenvalue weighted by molar-refractivity contribution is 6.25. The molecule has 0 N–H and O–H groups in total. The molecule has 0 bridgehead atoms. The number of pyridine rings is 2. The smallest absolute Gasteiger partial charge is 0.146 e. The fourth-order valence-corrected chi connectivity index (χ4v) is 6.98. The second-order valence-corrected chi connectivity index (χ2v) is 11.1. The van der Waals surface area contributed by atoms with Crippen molar-refractivity contribution in [3.8, 4) is 22.3 Å². The van der Waals surface area contributed by atoms with Gasteiger partial charge in [0, 0.05) is 23.2 Å². The van der Waals surface area contributed by atoms with Gasteiger partial charge in [0.25, 0.3) is 0 Å². The van der Waals surface area contributed by atoms with Gasteiger partial charge in [0.1, 0.15) is 5.65 Å². The van der Waals surface area contributed by atoms with Crippen molar-refractivity contribution < 1.29 is 0 Å². The highest BCUT2D eigenvalue weighted by Gasteiger charge is 2.16. The molecule has 43 heavy (non-hydrogen) atoms. The van der Waals surface area contributed by atoms with Gasteiger partial charge < -0.3 is 0 Å². The van der Waals surface area contributed by atoms with Crippen LogP contribution in [0.5, 0.6) is 0 Å². The van der Waals surface area contributed by atoms with Gasteiger partial charge in [-0.05, 0) is 90.3 Å². The zero-order chi connectivity index (χ0) is 28.7. The third kappa shape index (κ3) is 3.30. The van der Waals surface area contributed by atoms with Crippen LogP contribution in [0, 0.1) is 0 Å². The monoisotopic (exact) mass is 547 g/mol. The summed E-state index contributed by atoms with van der Waals surface area (Å²) in [5.41, 5.74) is 8.51. The summed E-state index contributed by atoms with van der Waals surface area (Å²) in [5.74, 6) is 0. The van der Waals surface area contributed by atoms with E-state index in [9.17, 15) is 0 Å². The Morgan fingerprint density at radius 1 is 0.581 bits per heavy atom. The second-order valence-electron chi connectivity index (χ2n) is 11.1. The lowest BCUT2D eigenvalue weighted by atomic mass is 9.89. The molecule has 0 radical (unpaired) electrons. The van der Waals surface area contributed by atoms with Crippen molar-refractivity contribution in [2.24, 2.45) is 0 Å². The molecule has 0 saturated carbocycles. The lowest BCUT2D eigenvalue weighted by Gasteiger charge is -2.14. The summed E-state index contributed by atoms with van der Waals surface area (Å²) in [7, 11) is 0. The van der Waals surface area contributed by atoms with Gasteiger partial charge in [-0.3, -0.25) is 9.38 Å². The molecule has 0 aliphatic carbocycles. The first-order valence-electron chi connectivity index (χ1n) is 14.5. The highest BCUT2D eigenvalue weighted by Crippen LogP contribution is 2.40. The first-order valence-corrected chi connectivity index (χ1v) is 14.5. The van der Waals surface area contributed by atoms with Gasteiger partial charge in [0.2, 0.25) is 0 Å². The number of hydrogen-bond donors (Lipinski definition) is 0. The van der Waals surface area contributed by atoms with Crippen molar-refractivity contribution >= 4 is 71.8 Å². The molecule has 200 valence electrons. The Balaban J connectivity index is 1.20. The molecule has 0 saturated heterocycles. The van der Waals surface area contributed by atoms with Gasteiger partial charge in [0.15, 0.2) is 0 Å². The van der Waals surface area contributed by atoms with E-state index < -0.39 is 0 Å². The minimum atomic E-state index is 0.826. The van der Waals surface area contributed by atoms with Crippen molar-refractivity contribution in [2.45, 2.75) is 0 Å². The average Bonchev–Trinajstić information content (AvgIpc) is 3.46. The number of hydrogen-bond acceptors (Lipinski definition) is 2. The minimum Gasteiger partial charge on any atom is -0.292 e. The van der Waals surface area contributed by atoms with Gasteiger partial charge in [-0.15, -0.1) is 0 Å². The summed E-state index contributed by atoms with van der Waals surface area (Å²) in [5, 5.41) is 11.1. The average molecular weight is 548 g/mol. The van der Waals surface area contributed by atoms with Crippen LogP contribution >= 0.6 is 0 Å². The molecule has 9 aromatic rings. The van der Waals surface area contributed by atoms with E-state index in [1.54, 1.807) is 6.08 Å². The Labute approximate surface area is 248 Å². The number of nitrogens with zero attached hydrogens (tertiary/aromatic N) is 3. The van der Waals surface area contributed by atoms with E-state index in [2.05, 4.69) is 120 Å². The maximum absolute atomic E-state index is 4.94. The normalized spacial score (nSPS) is 11.9. The SMILES string of the molecule is C=Cc1nc2c3ccc(-c4ccc(-c5ccc6ccc7cccc8ccc5c6c78)cc4)cc3c3cnccc3n2c1C=C. The van der Waals surface area contributed by atoms with Gasteiger partial charge in [0.05, 0.1) is 16.9 Å². The van der Waals surface area contributed by atoms with Gasteiger partial charge >= 0.3 is 0 Å². The van der Waals surface area contributed by atoms with E-state index in [1.165, 1.54) is 49.0 Å². The lowest BCUT2D eigenvalue weighted by molar-refractivity contribution is 1.23. The highest BCUT2D eigenvalue weighted by atomic mass is 15.0. The summed E-state index contributed by atoms with van der Waals surface area (Å²) in [6.45, 7) is 8.03. The van der Waals surface area contributed by atoms with Crippen LogP contribution in [0.15, 0.2) is 129 Å². The van der Waals surface area contributed by atoms with E-state index in [-0.39, 0.29) is 0 Å². The van der Waals surface area contributed by atoms with E-state index >= 15 is 0 Å². The summed E-state index contributed by atoms with van der Waals surface area (Å²) >= 11 is 0. The maximum atomic E-state index is 4.94. The number of imidazole rings is 1.